The lowest BCUT2D eigenvalue weighted by Gasteiger charge is -2.25. The Morgan fingerprint density at radius 1 is 0.532 bits per heavy atom. The molecule has 2 aliphatic carbocycles. The van der Waals surface area contributed by atoms with Crippen LogP contribution >= 0.6 is 0 Å². The van der Waals surface area contributed by atoms with Gasteiger partial charge in [0.2, 0.25) is 0 Å². The predicted octanol–water partition coefficient (Wildman–Crippen LogP) is 10.5. The number of fused-ring (bicyclic) bond motifs is 2. The number of allylic oxidation sites excluding steroid dienone is 4. The van der Waals surface area contributed by atoms with Crippen LogP contribution in [0.4, 0.5) is 0 Å². The lowest BCUT2D eigenvalue weighted by Crippen LogP contribution is -2.17. The molecule has 6 aromatic rings. The molecule has 224 valence electrons. The van der Waals surface area contributed by atoms with Crippen molar-refractivity contribution in [3.8, 4) is 62.5 Å². The Morgan fingerprint density at radius 3 is 1.53 bits per heavy atom. The lowest BCUT2D eigenvalue weighted by molar-refractivity contribution is 0.650. The van der Waals surface area contributed by atoms with E-state index in [2.05, 4.69) is 117 Å². The first kappa shape index (κ1) is 28.5. The number of nitrogens with zero attached hydrogens (tertiary/aromatic N) is 4. The van der Waals surface area contributed by atoms with Crippen molar-refractivity contribution >= 4 is 5.57 Å². The molecule has 0 saturated carbocycles. The number of rotatable bonds is 5. The zero-order chi connectivity index (χ0) is 32.0. The normalized spacial score (nSPS) is 14.6. The monoisotopic (exact) mass is 604 g/mol. The molecular formula is C43H32N4. The van der Waals surface area contributed by atoms with Crippen LogP contribution < -0.4 is 0 Å². The summed E-state index contributed by atoms with van der Waals surface area (Å²) in [6.07, 6.45) is 3.87. The summed E-state index contributed by atoms with van der Waals surface area (Å²) >= 11 is 0. The van der Waals surface area contributed by atoms with Gasteiger partial charge in [-0.15, -0.1) is 0 Å². The van der Waals surface area contributed by atoms with Gasteiger partial charge in [0.25, 0.3) is 0 Å². The van der Waals surface area contributed by atoms with E-state index in [-0.39, 0.29) is 5.41 Å². The molecule has 0 saturated heterocycles. The maximum absolute atomic E-state index is 9.54. The van der Waals surface area contributed by atoms with Crippen molar-refractivity contribution < 1.29 is 0 Å². The maximum Gasteiger partial charge on any atom is 0.164 e. The van der Waals surface area contributed by atoms with E-state index >= 15 is 0 Å². The van der Waals surface area contributed by atoms with Gasteiger partial charge in [0.15, 0.2) is 17.5 Å². The Labute approximate surface area is 275 Å². The summed E-state index contributed by atoms with van der Waals surface area (Å²) < 4.78 is 0. The Kier molecular flexibility index (Phi) is 6.96. The van der Waals surface area contributed by atoms with Gasteiger partial charge < -0.3 is 0 Å². The molecular weight excluding hydrogens is 573 g/mol. The summed E-state index contributed by atoms with van der Waals surface area (Å²) in [6.45, 7) is 4.55. The highest BCUT2D eigenvalue weighted by Crippen LogP contribution is 2.51. The molecule has 0 bridgehead atoms. The Bertz CT molecular complexity index is 2240. The van der Waals surface area contributed by atoms with E-state index in [1.165, 1.54) is 33.4 Å². The minimum absolute atomic E-state index is 0.141. The second-order valence-corrected chi connectivity index (χ2v) is 12.8. The smallest absolute Gasteiger partial charge is 0.164 e. The molecule has 0 spiro atoms. The third-order valence-electron chi connectivity index (χ3n) is 9.52. The van der Waals surface area contributed by atoms with Gasteiger partial charge in [-0.2, -0.15) is 5.26 Å². The van der Waals surface area contributed by atoms with Gasteiger partial charge in [-0.3, -0.25) is 0 Å². The van der Waals surface area contributed by atoms with Crippen molar-refractivity contribution in [1.82, 2.24) is 15.0 Å². The topological polar surface area (TPSA) is 62.5 Å². The third-order valence-corrected chi connectivity index (χ3v) is 9.52. The molecule has 1 heterocycles. The molecule has 2 aliphatic rings. The van der Waals surface area contributed by atoms with Gasteiger partial charge in [0.1, 0.15) is 0 Å². The first-order valence-electron chi connectivity index (χ1n) is 16.1. The van der Waals surface area contributed by atoms with Gasteiger partial charge >= 0.3 is 0 Å². The lowest BCUT2D eigenvalue weighted by atomic mass is 9.78. The van der Waals surface area contributed by atoms with E-state index in [1.54, 1.807) is 0 Å². The van der Waals surface area contributed by atoms with Gasteiger partial charge in [0, 0.05) is 27.7 Å². The van der Waals surface area contributed by atoms with Crippen LogP contribution in [0.1, 0.15) is 37.8 Å². The second-order valence-electron chi connectivity index (χ2n) is 12.8. The fourth-order valence-corrected chi connectivity index (χ4v) is 6.91. The van der Waals surface area contributed by atoms with Crippen molar-refractivity contribution in [2.75, 3.05) is 0 Å². The van der Waals surface area contributed by atoms with Crippen LogP contribution in [-0.4, -0.2) is 15.0 Å². The minimum atomic E-state index is -0.141. The van der Waals surface area contributed by atoms with E-state index in [0.29, 0.717) is 17.5 Å². The molecule has 0 N–H and O–H groups in total. The van der Waals surface area contributed by atoms with Crippen molar-refractivity contribution in [2.24, 2.45) is 0 Å². The zero-order valence-corrected chi connectivity index (χ0v) is 26.4. The van der Waals surface area contributed by atoms with Crippen molar-refractivity contribution in [3.05, 3.63) is 156 Å². The average Bonchev–Trinajstić information content (AvgIpc) is 3.37. The highest BCUT2D eigenvalue weighted by Gasteiger charge is 2.38. The van der Waals surface area contributed by atoms with Crippen molar-refractivity contribution in [2.45, 2.75) is 32.1 Å². The quantitative estimate of drug-likeness (QED) is 0.196. The molecule has 0 aliphatic heterocycles. The summed E-state index contributed by atoms with van der Waals surface area (Å²) in [5.41, 5.74) is 13.5. The van der Waals surface area contributed by atoms with Gasteiger partial charge in [-0.25, -0.2) is 15.0 Å². The predicted molar refractivity (Wildman–Crippen MR) is 190 cm³/mol. The molecule has 0 radical (unpaired) electrons. The summed E-state index contributed by atoms with van der Waals surface area (Å²) in [6, 6.07) is 46.5. The third kappa shape index (κ3) is 5.16. The average molecular weight is 605 g/mol. The van der Waals surface area contributed by atoms with Crippen LogP contribution in [0.15, 0.2) is 145 Å². The van der Waals surface area contributed by atoms with Gasteiger partial charge in [-0.1, -0.05) is 135 Å². The first-order chi connectivity index (χ1) is 23.0. The Morgan fingerprint density at radius 2 is 0.979 bits per heavy atom. The fraction of sp³-hybridized carbons (Fsp3) is 0.116. The summed E-state index contributed by atoms with van der Waals surface area (Å²) in [5.74, 6) is 1.93. The Hall–Kier alpha value is -5.92. The number of hydrogen-bond acceptors (Lipinski definition) is 4. The van der Waals surface area contributed by atoms with Crippen molar-refractivity contribution in [3.63, 3.8) is 0 Å². The molecule has 0 unspecified atom stereocenters. The summed E-state index contributed by atoms with van der Waals surface area (Å²) in [5, 5.41) is 9.54. The van der Waals surface area contributed by atoms with Crippen LogP contribution in [-0.2, 0) is 5.41 Å². The standard InChI is InChI=1S/C43H32N4/c1-43(2)38-25-28(27-44)13-23-36(38)37-24-22-35(26-39(37)43)31-16-20-34(21-17-31)42-46-40(32-11-7-4-8-12-32)45-41(47-42)33-18-14-30(15-19-33)29-9-5-3-6-10-29/h3-12,14-22,24-26H,13,23H2,1-2H3. The molecule has 0 amide bonds. The minimum Gasteiger partial charge on any atom is -0.208 e. The van der Waals surface area contributed by atoms with E-state index in [9.17, 15) is 5.26 Å². The number of benzene rings is 5. The number of nitriles is 1. The van der Waals surface area contributed by atoms with Crippen LogP contribution in [0, 0.1) is 11.3 Å². The van der Waals surface area contributed by atoms with Gasteiger partial charge in [0.05, 0.1) is 6.07 Å². The maximum atomic E-state index is 9.54. The Balaban J connectivity index is 1.14. The van der Waals surface area contributed by atoms with E-state index in [1.807, 2.05) is 36.4 Å². The molecule has 47 heavy (non-hydrogen) atoms. The van der Waals surface area contributed by atoms with Crippen LogP contribution in [0.3, 0.4) is 0 Å². The largest absolute Gasteiger partial charge is 0.208 e. The zero-order valence-electron chi connectivity index (χ0n) is 26.4. The summed E-state index contributed by atoms with van der Waals surface area (Å²) in [4.78, 5) is 14.8. The molecule has 4 heteroatoms. The van der Waals surface area contributed by atoms with E-state index in [0.717, 1.165) is 46.2 Å². The molecule has 8 rings (SSSR count). The van der Waals surface area contributed by atoms with E-state index in [4.69, 9.17) is 15.0 Å². The molecule has 5 aromatic carbocycles. The van der Waals surface area contributed by atoms with Crippen molar-refractivity contribution in [1.29, 1.82) is 5.26 Å². The summed E-state index contributed by atoms with van der Waals surface area (Å²) in [7, 11) is 0. The number of aromatic nitrogens is 3. The molecule has 1 aromatic heterocycles. The SMILES string of the molecule is CC1(C)C2=C(CCC(C#N)=C2)c2ccc(-c3ccc(-c4nc(-c5ccccc5)nc(-c5ccc(-c6ccccc6)cc5)n4)cc3)cc21. The fourth-order valence-electron chi connectivity index (χ4n) is 6.91. The second kappa shape index (κ2) is 11.5. The van der Waals surface area contributed by atoms with E-state index < -0.39 is 0 Å². The van der Waals surface area contributed by atoms with Gasteiger partial charge in [-0.05, 0) is 69.5 Å². The highest BCUT2D eigenvalue weighted by atomic mass is 15.0. The molecule has 4 nitrogen and oxygen atoms in total. The first-order valence-corrected chi connectivity index (χ1v) is 16.1. The molecule has 0 atom stereocenters. The van der Waals surface area contributed by atoms with Crippen LogP contribution in [0.25, 0.3) is 62.0 Å². The van der Waals surface area contributed by atoms with Crippen LogP contribution in [0.2, 0.25) is 0 Å². The number of hydrogen-bond donors (Lipinski definition) is 0. The molecule has 0 fully saturated rings. The highest BCUT2D eigenvalue weighted by molar-refractivity contribution is 5.86. The van der Waals surface area contributed by atoms with Crippen LogP contribution in [0.5, 0.6) is 0 Å².